The zero-order valence-corrected chi connectivity index (χ0v) is 18.0. The number of nitriles is 1. The minimum atomic E-state index is -4.78. The summed E-state index contributed by atoms with van der Waals surface area (Å²) in [6.45, 7) is 2.37. The molecule has 1 unspecified atom stereocenters. The van der Waals surface area contributed by atoms with E-state index in [1.54, 1.807) is 10.8 Å². The zero-order valence-electron chi connectivity index (χ0n) is 17.2. The van der Waals surface area contributed by atoms with E-state index < -0.39 is 34.0 Å². The number of hydrogen-bond acceptors (Lipinski definition) is 4. The van der Waals surface area contributed by atoms with Crippen molar-refractivity contribution in [3.8, 4) is 6.07 Å². The van der Waals surface area contributed by atoms with E-state index in [9.17, 15) is 30.8 Å². The Morgan fingerprint density at radius 1 is 1.28 bits per heavy atom. The summed E-state index contributed by atoms with van der Waals surface area (Å²) in [6, 6.07) is 2.72. The van der Waals surface area contributed by atoms with Crippen molar-refractivity contribution in [2.24, 2.45) is 0 Å². The molecule has 1 aliphatic rings. The zero-order chi connectivity index (χ0) is 23.8. The predicted molar refractivity (Wildman–Crippen MR) is 107 cm³/mol. The molecule has 2 N–H and O–H groups in total. The Bertz CT molecular complexity index is 1210. The average molecular weight is 472 g/mol. The fraction of sp³-hybridized carbons (Fsp3) is 0.400. The van der Waals surface area contributed by atoms with Gasteiger partial charge in [-0.3, -0.25) is 4.79 Å². The number of nitrogens with zero attached hydrogens (tertiary/aromatic N) is 2. The molecule has 0 radical (unpaired) electrons. The third kappa shape index (κ3) is 4.49. The molecule has 2 heterocycles. The predicted octanol–water partition coefficient (Wildman–Crippen LogP) is 3.63. The van der Waals surface area contributed by atoms with Gasteiger partial charge in [0.25, 0.3) is 5.91 Å². The van der Waals surface area contributed by atoms with Crippen molar-refractivity contribution in [3.05, 3.63) is 46.5 Å². The van der Waals surface area contributed by atoms with Crippen LogP contribution >= 0.6 is 0 Å². The Morgan fingerprint density at radius 2 is 1.97 bits per heavy atom. The van der Waals surface area contributed by atoms with Gasteiger partial charge in [0.1, 0.15) is 28.5 Å². The molecule has 7 nitrogen and oxygen atoms in total. The van der Waals surface area contributed by atoms with Crippen LogP contribution in [0.1, 0.15) is 47.1 Å². The van der Waals surface area contributed by atoms with E-state index in [0.717, 1.165) is 12.1 Å². The summed E-state index contributed by atoms with van der Waals surface area (Å²) in [7, 11) is -4.58. The van der Waals surface area contributed by atoms with Crippen molar-refractivity contribution in [2.45, 2.75) is 56.8 Å². The molecule has 0 bridgehead atoms. The molecular formula is C20H20F4N4O3S. The van der Waals surface area contributed by atoms with Crippen LogP contribution in [0.2, 0.25) is 0 Å². The molecule has 1 aromatic heterocycles. The lowest BCUT2D eigenvalue weighted by Crippen LogP contribution is -2.43. The van der Waals surface area contributed by atoms with Crippen LogP contribution in [0, 0.1) is 24.1 Å². The second-order valence-electron chi connectivity index (χ2n) is 7.50. The Labute approximate surface area is 182 Å². The molecule has 0 saturated heterocycles. The van der Waals surface area contributed by atoms with Crippen molar-refractivity contribution >= 4 is 21.6 Å². The largest absolute Gasteiger partial charge is 0.404 e. The maximum atomic E-state index is 13.5. The van der Waals surface area contributed by atoms with Crippen LogP contribution in [0.4, 0.5) is 23.2 Å². The van der Waals surface area contributed by atoms with E-state index >= 15 is 0 Å². The van der Waals surface area contributed by atoms with E-state index in [4.69, 9.17) is 5.26 Å². The number of alkyl halides is 3. The number of nitrogens with one attached hydrogen (secondary N) is 2. The van der Waals surface area contributed by atoms with Crippen molar-refractivity contribution in [1.29, 1.82) is 5.26 Å². The summed E-state index contributed by atoms with van der Waals surface area (Å²) < 4.78 is 81.3. The summed E-state index contributed by atoms with van der Waals surface area (Å²) in [5.74, 6) is -1.48. The van der Waals surface area contributed by atoms with Crippen LogP contribution in [0.5, 0.6) is 0 Å². The molecule has 32 heavy (non-hydrogen) atoms. The number of halogens is 4. The normalized spacial score (nSPS) is 15.0. The average Bonchev–Trinajstić information content (AvgIpc) is 3.00. The highest BCUT2D eigenvalue weighted by atomic mass is 32.2. The van der Waals surface area contributed by atoms with Gasteiger partial charge < -0.3 is 9.88 Å². The molecule has 1 amide bonds. The maximum absolute atomic E-state index is 13.5. The Kier molecular flexibility index (Phi) is 6.35. The van der Waals surface area contributed by atoms with E-state index in [2.05, 4.69) is 5.32 Å². The van der Waals surface area contributed by atoms with E-state index in [1.807, 2.05) is 0 Å². The molecule has 1 aliphatic heterocycles. The van der Waals surface area contributed by atoms with Crippen molar-refractivity contribution in [2.75, 3.05) is 5.32 Å². The quantitative estimate of drug-likeness (QED) is 0.649. The van der Waals surface area contributed by atoms with Crippen molar-refractivity contribution in [1.82, 2.24) is 9.29 Å². The maximum Gasteiger partial charge on any atom is 0.404 e. The molecule has 1 aromatic carbocycles. The molecule has 1 atom stereocenters. The van der Waals surface area contributed by atoms with Crippen LogP contribution in [0.25, 0.3) is 0 Å². The van der Waals surface area contributed by atoms with Crippen molar-refractivity contribution in [3.63, 3.8) is 0 Å². The second kappa shape index (κ2) is 8.55. The molecule has 0 aliphatic carbocycles. The number of sulfonamides is 1. The van der Waals surface area contributed by atoms with Crippen molar-refractivity contribution < 1.29 is 30.8 Å². The monoisotopic (exact) mass is 472 g/mol. The SMILES string of the molecule is Cc1c(S(=O)(=O)NC(C)C(F)(F)F)c2n(c1C(=O)Nc1ccc(F)c(C#N)c1)CCCC2. The first-order valence-corrected chi connectivity index (χ1v) is 11.2. The summed E-state index contributed by atoms with van der Waals surface area (Å²) in [5.41, 5.74) is 0.0984. The lowest BCUT2D eigenvalue weighted by Gasteiger charge is -2.20. The summed E-state index contributed by atoms with van der Waals surface area (Å²) in [5, 5.41) is 11.5. The molecule has 2 aromatic rings. The van der Waals surface area contributed by atoms with Crippen LogP contribution in [0.15, 0.2) is 23.1 Å². The smallest absolute Gasteiger partial charge is 0.339 e. The molecule has 0 spiro atoms. The van der Waals surface area contributed by atoms with Gasteiger partial charge in [0, 0.05) is 23.5 Å². The number of fused-ring (bicyclic) bond motifs is 1. The third-order valence-corrected chi connectivity index (χ3v) is 6.99. The molecule has 12 heteroatoms. The number of anilines is 1. The van der Waals surface area contributed by atoms with Gasteiger partial charge in [0.2, 0.25) is 10.0 Å². The first-order valence-electron chi connectivity index (χ1n) is 9.68. The van der Waals surface area contributed by atoms with Crippen LogP contribution in [-0.4, -0.2) is 31.1 Å². The highest BCUT2D eigenvalue weighted by Crippen LogP contribution is 2.33. The van der Waals surface area contributed by atoms with Gasteiger partial charge in [-0.15, -0.1) is 0 Å². The van der Waals surface area contributed by atoms with E-state index in [0.29, 0.717) is 26.3 Å². The van der Waals surface area contributed by atoms with Crippen LogP contribution < -0.4 is 10.0 Å². The standard InChI is InChI=1S/C20H20F4N4O3S/c1-11-17(19(29)26-14-6-7-15(21)13(9-14)10-25)28-8-4-3-5-16(28)18(11)32(30,31)27-12(2)20(22,23)24/h6-7,9,12,27H,3-5,8H2,1-2H3,(H,26,29). The van der Waals surface area contributed by atoms with Gasteiger partial charge in [0.05, 0.1) is 5.56 Å². The number of amides is 1. The fourth-order valence-corrected chi connectivity index (χ4v) is 5.47. The molecule has 3 rings (SSSR count). The number of rotatable bonds is 5. The summed E-state index contributed by atoms with van der Waals surface area (Å²) >= 11 is 0. The number of hydrogen-bond donors (Lipinski definition) is 2. The number of benzene rings is 1. The number of carbonyl (C=O) groups excluding carboxylic acids is 1. The van der Waals surface area contributed by atoms with Gasteiger partial charge >= 0.3 is 6.18 Å². The Morgan fingerprint density at radius 3 is 2.59 bits per heavy atom. The number of aromatic nitrogens is 1. The minimum absolute atomic E-state index is 0.0115. The van der Waals surface area contributed by atoms with Crippen LogP contribution in [-0.2, 0) is 23.0 Å². The minimum Gasteiger partial charge on any atom is -0.339 e. The lowest BCUT2D eigenvalue weighted by atomic mass is 10.1. The van der Waals surface area contributed by atoms with Gasteiger partial charge in [-0.1, -0.05) is 0 Å². The van der Waals surface area contributed by atoms with E-state index in [-0.39, 0.29) is 39.5 Å². The van der Waals surface area contributed by atoms with Crippen LogP contribution in [0.3, 0.4) is 0 Å². The first kappa shape index (κ1) is 23.7. The van der Waals surface area contributed by atoms with E-state index in [1.165, 1.54) is 17.6 Å². The first-order chi connectivity index (χ1) is 14.9. The molecule has 172 valence electrons. The molecule has 0 fully saturated rings. The summed E-state index contributed by atoms with van der Waals surface area (Å²) in [6.07, 6.45) is -3.23. The molecule has 0 saturated carbocycles. The van der Waals surface area contributed by atoms with Gasteiger partial charge in [-0.25, -0.2) is 12.8 Å². The highest BCUT2D eigenvalue weighted by molar-refractivity contribution is 7.89. The topological polar surface area (TPSA) is 104 Å². The lowest BCUT2D eigenvalue weighted by molar-refractivity contribution is -0.147. The second-order valence-corrected chi connectivity index (χ2v) is 9.15. The Hall–Kier alpha value is -2.91. The fourth-order valence-electron chi connectivity index (χ4n) is 3.73. The Balaban J connectivity index is 2.04. The van der Waals surface area contributed by atoms with Gasteiger partial charge in [-0.05, 0) is 51.3 Å². The number of carbonyl (C=O) groups is 1. The molecular weight excluding hydrogens is 452 g/mol. The highest BCUT2D eigenvalue weighted by Gasteiger charge is 2.41. The van der Waals surface area contributed by atoms with Gasteiger partial charge in [-0.2, -0.15) is 23.2 Å². The van der Waals surface area contributed by atoms with Gasteiger partial charge in [0.15, 0.2) is 0 Å². The third-order valence-electron chi connectivity index (χ3n) is 5.25. The summed E-state index contributed by atoms with van der Waals surface area (Å²) in [4.78, 5) is 12.7.